The van der Waals surface area contributed by atoms with E-state index in [2.05, 4.69) is 20.6 Å². The monoisotopic (exact) mass is 660 g/mol. The van der Waals surface area contributed by atoms with Gasteiger partial charge in [0.15, 0.2) is 5.82 Å². The molecule has 0 unspecified atom stereocenters. The van der Waals surface area contributed by atoms with Crippen LogP contribution in [0.3, 0.4) is 0 Å². The Morgan fingerprint density at radius 3 is 2.23 bits per heavy atom. The van der Waals surface area contributed by atoms with E-state index in [-0.39, 0.29) is 63.2 Å². The minimum atomic E-state index is -0.951. The van der Waals surface area contributed by atoms with Crippen molar-refractivity contribution in [2.24, 2.45) is 0 Å². The first-order valence-electron chi connectivity index (χ1n) is 16.1. The van der Waals surface area contributed by atoms with Gasteiger partial charge in [0.1, 0.15) is 23.2 Å². The summed E-state index contributed by atoms with van der Waals surface area (Å²) < 4.78 is 10.3. The van der Waals surface area contributed by atoms with Gasteiger partial charge in [0.2, 0.25) is 5.91 Å². The van der Waals surface area contributed by atoms with Crippen molar-refractivity contribution >= 4 is 29.8 Å². The second-order valence-electron chi connectivity index (χ2n) is 12.2. The van der Waals surface area contributed by atoms with Crippen molar-refractivity contribution in [3.8, 4) is 11.4 Å². The molecule has 0 spiro atoms. The highest BCUT2D eigenvalue weighted by atomic mass is 16.8. The van der Waals surface area contributed by atoms with Crippen LogP contribution in [0.5, 0.6) is 0 Å². The number of nitrogens with one attached hydrogen (secondary N) is 2. The number of piperazine rings is 1. The molecule has 1 fully saturated rings. The van der Waals surface area contributed by atoms with Crippen LogP contribution in [-0.4, -0.2) is 88.3 Å². The molecule has 256 valence electrons. The van der Waals surface area contributed by atoms with Gasteiger partial charge in [0.05, 0.1) is 19.7 Å². The zero-order valence-electron chi connectivity index (χ0n) is 27.9. The number of aromatic nitrogens is 2. The summed E-state index contributed by atoms with van der Waals surface area (Å²) in [6.07, 6.45) is -0.224. The first-order valence-corrected chi connectivity index (χ1v) is 16.1. The highest BCUT2D eigenvalue weighted by Gasteiger charge is 2.31. The van der Waals surface area contributed by atoms with Crippen LogP contribution >= 0.6 is 0 Å². The fourth-order valence-corrected chi connectivity index (χ4v) is 4.96. The molecule has 13 heteroatoms. The Labute approximate surface area is 280 Å². The Kier molecular flexibility index (Phi) is 12.8. The van der Waals surface area contributed by atoms with Gasteiger partial charge in [-0.25, -0.2) is 14.8 Å². The molecule has 2 heterocycles. The first-order chi connectivity index (χ1) is 23.0. The van der Waals surface area contributed by atoms with Crippen LogP contribution in [0, 0.1) is 0 Å². The summed E-state index contributed by atoms with van der Waals surface area (Å²) in [5.41, 5.74) is 1.20. The Morgan fingerprint density at radius 2 is 1.58 bits per heavy atom. The van der Waals surface area contributed by atoms with Crippen LogP contribution in [-0.2, 0) is 30.4 Å². The number of hydrogen-bond donors (Lipinski definition) is 2. The number of carbonyl (C=O) groups is 4. The minimum absolute atomic E-state index is 0.0806. The van der Waals surface area contributed by atoms with Crippen molar-refractivity contribution in [2.45, 2.75) is 65.1 Å². The van der Waals surface area contributed by atoms with Crippen molar-refractivity contribution in [3.05, 3.63) is 78.0 Å². The van der Waals surface area contributed by atoms with E-state index in [0.29, 0.717) is 24.6 Å². The summed E-state index contributed by atoms with van der Waals surface area (Å²) in [6, 6.07) is 19.7. The number of nitrogens with zero attached hydrogens (tertiary/aromatic N) is 4. The maximum atomic E-state index is 13.8. The summed E-state index contributed by atoms with van der Waals surface area (Å²) in [6.45, 7) is 8.77. The highest BCUT2D eigenvalue weighted by molar-refractivity contribution is 5.97. The van der Waals surface area contributed by atoms with Crippen LogP contribution in [0.4, 0.5) is 10.6 Å². The molecule has 13 nitrogen and oxygen atoms in total. The van der Waals surface area contributed by atoms with E-state index in [1.165, 1.54) is 5.06 Å². The molecule has 0 aliphatic carbocycles. The number of esters is 1. The molecule has 0 radical (unpaired) electrons. The van der Waals surface area contributed by atoms with Gasteiger partial charge in [-0.3, -0.25) is 14.4 Å². The van der Waals surface area contributed by atoms with Gasteiger partial charge in [-0.2, -0.15) is 0 Å². The first kappa shape index (κ1) is 35.8. The standard InChI is InChI=1S/C35H44N6O7/c1-5-46-34(45)48-41-21-19-40(20-22-41)33(44)27(17-12-18-30(42)47-35(2,3)4)38-32(43)28-23-29(36-24-25-13-8-6-9-14-25)39-31(37-28)26-15-10-7-11-16-26/h6-11,13-16,23,27H,5,12,17-22,24H2,1-4H3,(H,38,43)(H,36,37,39)/t27-/m0/s1. The Balaban J connectivity index is 1.51. The van der Waals surface area contributed by atoms with E-state index in [1.54, 1.807) is 38.7 Å². The van der Waals surface area contributed by atoms with E-state index >= 15 is 0 Å². The molecule has 3 aromatic rings. The average Bonchev–Trinajstić information content (AvgIpc) is 3.07. The molecule has 1 aliphatic heterocycles. The van der Waals surface area contributed by atoms with Gasteiger partial charge in [0, 0.05) is 37.7 Å². The van der Waals surface area contributed by atoms with Gasteiger partial charge in [-0.15, -0.1) is 5.06 Å². The van der Waals surface area contributed by atoms with Gasteiger partial charge in [-0.1, -0.05) is 60.7 Å². The number of hydroxylamine groups is 2. The van der Waals surface area contributed by atoms with Crippen LogP contribution in [0.2, 0.25) is 0 Å². The summed E-state index contributed by atoms with van der Waals surface area (Å²) in [7, 11) is 0. The quantitative estimate of drug-likeness (QED) is 0.248. The lowest BCUT2D eigenvalue weighted by Crippen LogP contribution is -2.55. The van der Waals surface area contributed by atoms with E-state index in [0.717, 1.165) is 11.1 Å². The van der Waals surface area contributed by atoms with E-state index < -0.39 is 23.7 Å². The lowest BCUT2D eigenvalue weighted by molar-refractivity contribution is -0.158. The number of anilines is 1. The van der Waals surface area contributed by atoms with Crippen molar-refractivity contribution in [2.75, 3.05) is 38.1 Å². The topological polar surface area (TPSA) is 152 Å². The Morgan fingerprint density at radius 1 is 0.917 bits per heavy atom. The zero-order chi connectivity index (χ0) is 34.5. The fraction of sp³-hybridized carbons (Fsp3) is 0.429. The number of ether oxygens (including phenoxy) is 2. The molecular formula is C35H44N6O7. The Bertz CT molecular complexity index is 1520. The van der Waals surface area contributed by atoms with Crippen molar-refractivity contribution < 1.29 is 33.5 Å². The highest BCUT2D eigenvalue weighted by Crippen LogP contribution is 2.20. The molecule has 1 aromatic heterocycles. The van der Waals surface area contributed by atoms with Crippen LogP contribution in [0.1, 0.15) is 63.0 Å². The summed E-state index contributed by atoms with van der Waals surface area (Å²) in [4.78, 5) is 67.7. The third-order valence-corrected chi connectivity index (χ3v) is 7.22. The van der Waals surface area contributed by atoms with Crippen LogP contribution < -0.4 is 10.6 Å². The fourth-order valence-electron chi connectivity index (χ4n) is 4.96. The maximum absolute atomic E-state index is 13.8. The third-order valence-electron chi connectivity index (χ3n) is 7.22. The SMILES string of the molecule is CCOC(=O)ON1CCN(C(=O)[C@H](CCCC(=O)OC(C)(C)C)NC(=O)c2cc(NCc3ccccc3)nc(-c3ccccc3)n2)CC1. The van der Waals surface area contributed by atoms with E-state index in [9.17, 15) is 19.2 Å². The average molecular weight is 661 g/mol. The largest absolute Gasteiger partial charge is 0.527 e. The number of amides is 2. The second-order valence-corrected chi connectivity index (χ2v) is 12.2. The minimum Gasteiger partial charge on any atom is -0.460 e. The van der Waals surface area contributed by atoms with Crippen LogP contribution in [0.15, 0.2) is 66.7 Å². The van der Waals surface area contributed by atoms with E-state index in [1.807, 2.05) is 60.7 Å². The molecule has 48 heavy (non-hydrogen) atoms. The predicted octanol–water partition coefficient (Wildman–Crippen LogP) is 4.60. The number of benzene rings is 2. The Hall–Kier alpha value is -5.04. The van der Waals surface area contributed by atoms with E-state index in [4.69, 9.17) is 14.3 Å². The molecule has 1 saturated heterocycles. The molecule has 1 atom stereocenters. The second kappa shape index (κ2) is 17.2. The van der Waals surface area contributed by atoms with Gasteiger partial charge < -0.3 is 29.8 Å². The predicted molar refractivity (Wildman–Crippen MR) is 178 cm³/mol. The maximum Gasteiger partial charge on any atom is 0.527 e. The van der Waals surface area contributed by atoms with Gasteiger partial charge in [0.25, 0.3) is 5.91 Å². The lowest BCUT2D eigenvalue weighted by atomic mass is 10.1. The molecule has 2 N–H and O–H groups in total. The van der Waals surface area contributed by atoms with Crippen molar-refractivity contribution in [1.29, 1.82) is 0 Å². The molecule has 1 aliphatic rings. The third kappa shape index (κ3) is 11.3. The molecule has 0 bridgehead atoms. The molecular weight excluding hydrogens is 616 g/mol. The van der Waals surface area contributed by atoms with Crippen molar-refractivity contribution in [3.63, 3.8) is 0 Å². The van der Waals surface area contributed by atoms with Crippen LogP contribution in [0.25, 0.3) is 11.4 Å². The zero-order valence-corrected chi connectivity index (χ0v) is 27.9. The molecule has 2 aromatic carbocycles. The molecule has 0 saturated carbocycles. The smallest absolute Gasteiger partial charge is 0.460 e. The number of hydrogen-bond acceptors (Lipinski definition) is 11. The summed E-state index contributed by atoms with van der Waals surface area (Å²) in [5, 5.41) is 7.59. The molecule has 4 rings (SSSR count). The summed E-state index contributed by atoms with van der Waals surface area (Å²) in [5.74, 6) is -0.463. The van der Waals surface area contributed by atoms with Crippen molar-refractivity contribution in [1.82, 2.24) is 25.2 Å². The lowest BCUT2D eigenvalue weighted by Gasteiger charge is -2.35. The van der Waals surface area contributed by atoms with Gasteiger partial charge >= 0.3 is 12.1 Å². The number of carbonyl (C=O) groups excluding carboxylic acids is 4. The number of rotatable bonds is 13. The normalized spacial score (nSPS) is 14.0. The molecule has 2 amide bonds. The summed E-state index contributed by atoms with van der Waals surface area (Å²) >= 11 is 0. The van der Waals surface area contributed by atoms with Gasteiger partial charge in [-0.05, 0) is 46.1 Å².